The van der Waals surface area contributed by atoms with Crippen LogP contribution in [0.4, 0.5) is 0 Å². The van der Waals surface area contributed by atoms with Crippen molar-refractivity contribution in [3.8, 4) is 0 Å². The average molecular weight is 308 g/mol. The minimum Gasteiger partial charge on any atom is -0.307 e. The topological polar surface area (TPSA) is 12.0 Å². The molecule has 1 saturated carbocycles. The molecular formula is C19H30ClN. The van der Waals surface area contributed by atoms with Crippen LogP contribution < -0.4 is 5.32 Å². The van der Waals surface area contributed by atoms with E-state index in [-0.39, 0.29) is 0 Å². The summed E-state index contributed by atoms with van der Waals surface area (Å²) in [6.45, 7) is 6.91. The SMILES string of the molecule is CCCC1CCC(NC(c2ccc(Cl)cc2)C(C)C)CC1. The lowest BCUT2D eigenvalue weighted by atomic mass is 9.82. The van der Waals surface area contributed by atoms with E-state index in [4.69, 9.17) is 11.6 Å². The highest BCUT2D eigenvalue weighted by Gasteiger charge is 2.24. The van der Waals surface area contributed by atoms with Crippen molar-refractivity contribution in [2.75, 3.05) is 0 Å². The van der Waals surface area contributed by atoms with Crippen molar-refractivity contribution in [1.82, 2.24) is 5.32 Å². The predicted octanol–water partition coefficient (Wildman–Crippen LogP) is 5.99. The quantitative estimate of drug-likeness (QED) is 0.681. The molecule has 1 fully saturated rings. The first-order valence-electron chi connectivity index (χ1n) is 8.61. The van der Waals surface area contributed by atoms with Gasteiger partial charge in [0.25, 0.3) is 0 Å². The van der Waals surface area contributed by atoms with Crippen LogP contribution in [-0.2, 0) is 0 Å². The van der Waals surface area contributed by atoms with Crippen LogP contribution in [0.2, 0.25) is 5.02 Å². The van der Waals surface area contributed by atoms with Crippen molar-refractivity contribution < 1.29 is 0 Å². The zero-order chi connectivity index (χ0) is 15.2. The summed E-state index contributed by atoms with van der Waals surface area (Å²) in [4.78, 5) is 0. The van der Waals surface area contributed by atoms with Crippen LogP contribution in [0.5, 0.6) is 0 Å². The second-order valence-electron chi connectivity index (χ2n) is 6.95. The molecule has 1 aliphatic carbocycles. The van der Waals surface area contributed by atoms with Gasteiger partial charge in [0.15, 0.2) is 0 Å². The zero-order valence-electron chi connectivity index (χ0n) is 13.7. The molecule has 2 rings (SSSR count). The van der Waals surface area contributed by atoms with Crippen LogP contribution in [0.25, 0.3) is 0 Å². The predicted molar refractivity (Wildman–Crippen MR) is 92.8 cm³/mol. The van der Waals surface area contributed by atoms with E-state index in [0.29, 0.717) is 18.0 Å². The fourth-order valence-corrected chi connectivity index (χ4v) is 3.75. The summed E-state index contributed by atoms with van der Waals surface area (Å²) in [6, 6.07) is 9.47. The Morgan fingerprint density at radius 1 is 1.10 bits per heavy atom. The molecule has 0 spiro atoms. The lowest BCUT2D eigenvalue weighted by Gasteiger charge is -2.34. The average Bonchev–Trinajstić information content (AvgIpc) is 2.47. The minimum atomic E-state index is 0.440. The van der Waals surface area contributed by atoms with Crippen LogP contribution in [0, 0.1) is 11.8 Å². The Morgan fingerprint density at radius 3 is 2.24 bits per heavy atom. The van der Waals surface area contributed by atoms with Crippen molar-refractivity contribution in [3.05, 3.63) is 34.9 Å². The second-order valence-corrected chi connectivity index (χ2v) is 7.38. The van der Waals surface area contributed by atoms with E-state index in [9.17, 15) is 0 Å². The van der Waals surface area contributed by atoms with Gasteiger partial charge in [0.2, 0.25) is 0 Å². The molecule has 0 heterocycles. The maximum Gasteiger partial charge on any atom is 0.0406 e. The highest BCUT2D eigenvalue weighted by atomic mass is 35.5. The summed E-state index contributed by atoms with van der Waals surface area (Å²) < 4.78 is 0. The number of halogens is 1. The molecule has 0 aliphatic heterocycles. The second kappa shape index (κ2) is 8.19. The van der Waals surface area contributed by atoms with Gasteiger partial charge in [0.1, 0.15) is 0 Å². The smallest absolute Gasteiger partial charge is 0.0406 e. The molecule has 1 unspecified atom stereocenters. The van der Waals surface area contributed by atoms with Gasteiger partial charge in [0.05, 0.1) is 0 Å². The zero-order valence-corrected chi connectivity index (χ0v) is 14.5. The molecule has 0 aromatic heterocycles. The van der Waals surface area contributed by atoms with Gasteiger partial charge >= 0.3 is 0 Å². The summed E-state index contributed by atoms with van der Waals surface area (Å²) in [5.41, 5.74) is 1.37. The monoisotopic (exact) mass is 307 g/mol. The molecule has 21 heavy (non-hydrogen) atoms. The lowest BCUT2D eigenvalue weighted by molar-refractivity contribution is 0.246. The normalized spacial score (nSPS) is 24.2. The van der Waals surface area contributed by atoms with Gasteiger partial charge in [-0.1, -0.05) is 57.3 Å². The molecule has 1 aromatic rings. The summed E-state index contributed by atoms with van der Waals surface area (Å²) in [5, 5.41) is 4.73. The third-order valence-electron chi connectivity index (χ3n) is 4.85. The standard InChI is InChI=1S/C19H30ClN/c1-4-5-15-6-12-18(13-7-15)21-19(14(2)3)16-8-10-17(20)11-9-16/h8-11,14-15,18-19,21H,4-7,12-13H2,1-3H3. The Hall–Kier alpha value is -0.530. The number of benzene rings is 1. The molecule has 1 atom stereocenters. The molecular weight excluding hydrogens is 278 g/mol. The van der Waals surface area contributed by atoms with Crippen LogP contribution in [0.15, 0.2) is 24.3 Å². The van der Waals surface area contributed by atoms with Crippen LogP contribution >= 0.6 is 11.6 Å². The van der Waals surface area contributed by atoms with Gasteiger partial charge < -0.3 is 5.32 Å². The molecule has 0 bridgehead atoms. The molecule has 1 aromatic carbocycles. The molecule has 0 amide bonds. The number of nitrogens with one attached hydrogen (secondary N) is 1. The molecule has 1 aliphatic rings. The van der Waals surface area contributed by atoms with Crippen molar-refractivity contribution >= 4 is 11.6 Å². The Morgan fingerprint density at radius 2 is 1.71 bits per heavy atom. The van der Waals surface area contributed by atoms with E-state index in [1.165, 1.54) is 44.1 Å². The van der Waals surface area contributed by atoms with Gasteiger partial charge in [-0.3, -0.25) is 0 Å². The van der Waals surface area contributed by atoms with Crippen LogP contribution in [-0.4, -0.2) is 6.04 Å². The first-order valence-corrected chi connectivity index (χ1v) is 8.99. The summed E-state index contributed by atoms with van der Waals surface area (Å²) in [6.07, 6.45) is 8.22. The number of hydrogen-bond acceptors (Lipinski definition) is 1. The molecule has 118 valence electrons. The van der Waals surface area contributed by atoms with E-state index in [0.717, 1.165) is 10.9 Å². The number of rotatable bonds is 6. The van der Waals surface area contributed by atoms with Gasteiger partial charge in [0, 0.05) is 17.1 Å². The molecule has 2 heteroatoms. The number of hydrogen-bond donors (Lipinski definition) is 1. The van der Waals surface area contributed by atoms with Crippen molar-refractivity contribution in [1.29, 1.82) is 0 Å². The molecule has 1 nitrogen and oxygen atoms in total. The van der Waals surface area contributed by atoms with Crippen molar-refractivity contribution in [2.24, 2.45) is 11.8 Å². The van der Waals surface area contributed by atoms with Crippen molar-refractivity contribution in [3.63, 3.8) is 0 Å². The molecule has 1 N–H and O–H groups in total. The fraction of sp³-hybridized carbons (Fsp3) is 0.684. The van der Waals surface area contributed by atoms with Gasteiger partial charge in [-0.05, 0) is 55.2 Å². The van der Waals surface area contributed by atoms with E-state index in [1.807, 2.05) is 12.1 Å². The van der Waals surface area contributed by atoms with Gasteiger partial charge in [-0.25, -0.2) is 0 Å². The van der Waals surface area contributed by atoms with Crippen LogP contribution in [0.3, 0.4) is 0 Å². The third-order valence-corrected chi connectivity index (χ3v) is 5.11. The van der Waals surface area contributed by atoms with E-state index in [2.05, 4.69) is 38.2 Å². The van der Waals surface area contributed by atoms with E-state index < -0.39 is 0 Å². The van der Waals surface area contributed by atoms with Gasteiger partial charge in [-0.2, -0.15) is 0 Å². The third kappa shape index (κ3) is 5.00. The lowest BCUT2D eigenvalue weighted by Crippen LogP contribution is -2.38. The highest BCUT2D eigenvalue weighted by molar-refractivity contribution is 6.30. The molecule has 0 saturated heterocycles. The van der Waals surface area contributed by atoms with Crippen LogP contribution in [0.1, 0.15) is 70.9 Å². The first-order chi connectivity index (χ1) is 10.1. The minimum absolute atomic E-state index is 0.440. The van der Waals surface area contributed by atoms with Crippen molar-refractivity contribution in [2.45, 2.75) is 71.4 Å². The Balaban J connectivity index is 1.93. The van der Waals surface area contributed by atoms with E-state index in [1.54, 1.807) is 0 Å². The summed E-state index contributed by atoms with van der Waals surface area (Å²) >= 11 is 6.01. The Bertz CT molecular complexity index is 404. The largest absolute Gasteiger partial charge is 0.307 e. The maximum atomic E-state index is 6.01. The Labute approximate surface area is 135 Å². The van der Waals surface area contributed by atoms with E-state index >= 15 is 0 Å². The first kappa shape index (κ1) is 16.8. The molecule has 0 radical (unpaired) electrons. The highest BCUT2D eigenvalue weighted by Crippen LogP contribution is 2.31. The van der Waals surface area contributed by atoms with Gasteiger partial charge in [-0.15, -0.1) is 0 Å². The summed E-state index contributed by atoms with van der Waals surface area (Å²) in [5.74, 6) is 1.57. The fourth-order valence-electron chi connectivity index (χ4n) is 3.62. The summed E-state index contributed by atoms with van der Waals surface area (Å²) in [7, 11) is 0. The Kier molecular flexibility index (Phi) is 6.57. The maximum absolute atomic E-state index is 6.01.